The maximum Gasteiger partial charge on any atom is 0.274 e. The number of fused-ring (bicyclic) bond motifs is 2. The molecule has 10 nitrogen and oxygen atoms in total. The van der Waals surface area contributed by atoms with Crippen LogP contribution in [0.5, 0.6) is 5.88 Å². The van der Waals surface area contributed by atoms with Gasteiger partial charge in [0.15, 0.2) is 0 Å². The molecule has 5 heterocycles. The zero-order valence-electron chi connectivity index (χ0n) is 22.2. The van der Waals surface area contributed by atoms with Crippen LogP contribution in [0.3, 0.4) is 0 Å². The molecule has 39 heavy (non-hydrogen) atoms. The fourth-order valence-electron chi connectivity index (χ4n) is 5.06. The number of likely N-dealkylation sites (N-methyl/N-ethyl adjacent to an activating group) is 1. The first-order valence-electron chi connectivity index (χ1n) is 13.2. The molecule has 0 atom stereocenters. The summed E-state index contributed by atoms with van der Waals surface area (Å²) in [4.78, 5) is 27.0. The van der Waals surface area contributed by atoms with Crippen LogP contribution < -0.4 is 10.1 Å². The van der Waals surface area contributed by atoms with Gasteiger partial charge in [-0.1, -0.05) is 18.2 Å². The Morgan fingerprint density at radius 2 is 1.87 bits per heavy atom. The summed E-state index contributed by atoms with van der Waals surface area (Å²) in [6.07, 6.45) is 3.42. The van der Waals surface area contributed by atoms with Gasteiger partial charge in [0.05, 0.1) is 35.3 Å². The number of piperazine rings is 1. The second-order valence-electron chi connectivity index (χ2n) is 9.93. The van der Waals surface area contributed by atoms with Crippen molar-refractivity contribution in [1.29, 1.82) is 0 Å². The topological polar surface area (TPSA) is 92.8 Å². The molecule has 6 rings (SSSR count). The molecule has 0 bridgehead atoms. The Hall–Kier alpha value is -4.28. The van der Waals surface area contributed by atoms with Crippen LogP contribution in [0, 0.1) is 6.92 Å². The summed E-state index contributed by atoms with van der Waals surface area (Å²) in [5.74, 6) is 0.396. The molecule has 1 aliphatic rings. The molecule has 0 saturated carbocycles. The van der Waals surface area contributed by atoms with Gasteiger partial charge in [-0.25, -0.2) is 9.97 Å². The van der Waals surface area contributed by atoms with Gasteiger partial charge in [-0.2, -0.15) is 5.10 Å². The number of carbonyl (C=O) groups excluding carboxylic acids is 1. The van der Waals surface area contributed by atoms with Gasteiger partial charge < -0.3 is 15.0 Å². The van der Waals surface area contributed by atoms with E-state index in [0.717, 1.165) is 60.7 Å². The van der Waals surface area contributed by atoms with Crippen LogP contribution in [0.4, 0.5) is 5.69 Å². The van der Waals surface area contributed by atoms with E-state index in [0.29, 0.717) is 30.4 Å². The Morgan fingerprint density at radius 3 is 2.74 bits per heavy atom. The molecule has 0 unspecified atom stereocenters. The van der Waals surface area contributed by atoms with Crippen LogP contribution in [0.1, 0.15) is 21.9 Å². The van der Waals surface area contributed by atoms with Crippen LogP contribution in [0.25, 0.3) is 16.6 Å². The van der Waals surface area contributed by atoms with Crippen LogP contribution in [0.2, 0.25) is 0 Å². The summed E-state index contributed by atoms with van der Waals surface area (Å²) in [5, 5.41) is 8.75. The number of nitrogens with zero attached hydrogens (tertiary/aromatic N) is 7. The molecule has 1 amide bonds. The summed E-state index contributed by atoms with van der Waals surface area (Å²) >= 11 is 0. The molecule has 4 aromatic heterocycles. The van der Waals surface area contributed by atoms with E-state index in [-0.39, 0.29) is 5.91 Å². The van der Waals surface area contributed by atoms with Crippen molar-refractivity contribution in [2.24, 2.45) is 0 Å². The van der Waals surface area contributed by atoms with E-state index < -0.39 is 0 Å². The van der Waals surface area contributed by atoms with E-state index in [4.69, 9.17) is 14.8 Å². The highest BCUT2D eigenvalue weighted by Crippen LogP contribution is 2.28. The maximum absolute atomic E-state index is 13.2. The minimum atomic E-state index is -0.226. The maximum atomic E-state index is 13.2. The van der Waals surface area contributed by atoms with Crippen molar-refractivity contribution in [2.45, 2.75) is 13.5 Å². The zero-order valence-corrected chi connectivity index (χ0v) is 22.2. The first-order chi connectivity index (χ1) is 19.0. The third kappa shape index (κ3) is 5.34. The van der Waals surface area contributed by atoms with Crippen LogP contribution in [0.15, 0.2) is 67.0 Å². The average molecular weight is 525 g/mol. The standard InChI is InChI=1S/C29H32N8O2/c1-21-28-23(32-29(38)25-19-30-26-10-3-4-12-36(25)26)8-6-9-24(28)37(33-21)20-22-7-5-11-27(31-22)39-18-17-35-15-13-34(2)14-16-35/h3-12,19H,13-18,20H2,1-2H3,(H,32,38). The van der Waals surface area contributed by atoms with Crippen molar-refractivity contribution >= 4 is 28.1 Å². The normalized spacial score (nSPS) is 14.7. The molecule has 1 saturated heterocycles. The van der Waals surface area contributed by atoms with E-state index in [2.05, 4.69) is 27.1 Å². The third-order valence-electron chi connectivity index (χ3n) is 7.20. The molecular weight excluding hydrogens is 492 g/mol. The van der Waals surface area contributed by atoms with Crippen molar-refractivity contribution in [1.82, 2.24) is 33.9 Å². The first-order valence-corrected chi connectivity index (χ1v) is 13.2. The molecule has 0 radical (unpaired) electrons. The molecule has 1 N–H and O–H groups in total. The molecule has 1 aliphatic heterocycles. The fraction of sp³-hybridized carbons (Fsp3) is 0.310. The Balaban J connectivity index is 1.16. The van der Waals surface area contributed by atoms with E-state index >= 15 is 0 Å². The molecule has 5 aromatic rings. The number of anilines is 1. The lowest BCUT2D eigenvalue weighted by Gasteiger charge is -2.32. The van der Waals surface area contributed by atoms with E-state index in [1.807, 2.05) is 72.4 Å². The summed E-state index contributed by atoms with van der Waals surface area (Å²) < 4.78 is 9.68. The van der Waals surface area contributed by atoms with Crippen LogP contribution in [-0.2, 0) is 6.54 Å². The summed E-state index contributed by atoms with van der Waals surface area (Å²) in [6.45, 7) is 8.28. The smallest absolute Gasteiger partial charge is 0.274 e. The van der Waals surface area contributed by atoms with Crippen LogP contribution >= 0.6 is 0 Å². The van der Waals surface area contributed by atoms with E-state index in [1.54, 1.807) is 10.6 Å². The van der Waals surface area contributed by atoms with Gasteiger partial charge in [0.2, 0.25) is 5.88 Å². The Labute approximate surface area is 226 Å². The highest BCUT2D eigenvalue weighted by Gasteiger charge is 2.17. The summed E-state index contributed by atoms with van der Waals surface area (Å²) in [6, 6.07) is 17.3. The van der Waals surface area contributed by atoms with Gasteiger partial charge in [-0.15, -0.1) is 0 Å². The number of ether oxygens (including phenoxy) is 1. The van der Waals surface area contributed by atoms with Crippen LogP contribution in [-0.4, -0.2) is 86.2 Å². The van der Waals surface area contributed by atoms with Crippen molar-refractivity contribution in [3.63, 3.8) is 0 Å². The lowest BCUT2D eigenvalue weighted by Crippen LogP contribution is -2.45. The minimum absolute atomic E-state index is 0.226. The number of hydrogen-bond donors (Lipinski definition) is 1. The largest absolute Gasteiger partial charge is 0.476 e. The van der Waals surface area contributed by atoms with Gasteiger partial charge in [0, 0.05) is 50.4 Å². The van der Waals surface area contributed by atoms with Gasteiger partial charge in [0.25, 0.3) is 5.91 Å². The van der Waals surface area contributed by atoms with E-state index in [9.17, 15) is 4.79 Å². The monoisotopic (exact) mass is 524 g/mol. The molecule has 1 fully saturated rings. The third-order valence-corrected chi connectivity index (χ3v) is 7.20. The highest BCUT2D eigenvalue weighted by atomic mass is 16.5. The summed E-state index contributed by atoms with van der Waals surface area (Å²) in [5.41, 5.74) is 4.52. The zero-order chi connectivity index (χ0) is 26.8. The number of nitrogens with one attached hydrogen (secondary N) is 1. The molecule has 200 valence electrons. The van der Waals surface area contributed by atoms with Crippen molar-refractivity contribution < 1.29 is 9.53 Å². The predicted molar refractivity (Wildman–Crippen MR) is 150 cm³/mol. The van der Waals surface area contributed by atoms with E-state index in [1.165, 1.54) is 0 Å². The van der Waals surface area contributed by atoms with Crippen molar-refractivity contribution in [3.05, 3.63) is 84.1 Å². The quantitative estimate of drug-likeness (QED) is 0.333. The second-order valence-corrected chi connectivity index (χ2v) is 9.93. The number of rotatable bonds is 8. The Kier molecular flexibility index (Phi) is 6.95. The van der Waals surface area contributed by atoms with Crippen molar-refractivity contribution in [3.8, 4) is 5.88 Å². The first kappa shape index (κ1) is 25.0. The fourth-order valence-corrected chi connectivity index (χ4v) is 5.06. The minimum Gasteiger partial charge on any atom is -0.476 e. The lowest BCUT2D eigenvalue weighted by molar-refractivity contribution is 0.102. The number of benzene rings is 1. The molecular formula is C29H32N8O2. The number of imidazole rings is 1. The van der Waals surface area contributed by atoms with Crippen molar-refractivity contribution in [2.75, 3.05) is 51.7 Å². The second kappa shape index (κ2) is 10.8. The predicted octanol–water partition coefficient (Wildman–Crippen LogP) is 3.31. The number of carbonyl (C=O) groups is 1. The van der Waals surface area contributed by atoms with Gasteiger partial charge in [-0.3, -0.25) is 18.8 Å². The lowest BCUT2D eigenvalue weighted by atomic mass is 10.1. The number of aromatic nitrogens is 5. The molecule has 10 heteroatoms. The Morgan fingerprint density at radius 1 is 1.03 bits per heavy atom. The molecule has 1 aromatic carbocycles. The number of amides is 1. The number of aryl methyl sites for hydroxylation is 1. The number of pyridine rings is 2. The van der Waals surface area contributed by atoms with Gasteiger partial charge >= 0.3 is 0 Å². The Bertz CT molecular complexity index is 1620. The number of hydrogen-bond acceptors (Lipinski definition) is 7. The molecule has 0 spiro atoms. The van der Waals surface area contributed by atoms with Gasteiger partial charge in [-0.05, 0) is 44.3 Å². The highest BCUT2D eigenvalue weighted by molar-refractivity contribution is 6.08. The molecule has 0 aliphatic carbocycles. The SMILES string of the molecule is Cc1nn(Cc2cccc(OCCN3CCN(C)CC3)n2)c2cccc(NC(=O)c3cnc4ccccn34)c12. The summed E-state index contributed by atoms with van der Waals surface area (Å²) in [7, 11) is 2.16. The average Bonchev–Trinajstić information content (AvgIpc) is 3.52. The van der Waals surface area contributed by atoms with Gasteiger partial charge in [0.1, 0.15) is 17.9 Å².